The molecule has 1 aliphatic heterocycles. The van der Waals surface area contributed by atoms with E-state index in [2.05, 4.69) is 59.3 Å². The maximum Gasteiger partial charge on any atom is 0.258 e. The van der Waals surface area contributed by atoms with Gasteiger partial charge in [0.15, 0.2) is 0 Å². The second-order valence-electron chi connectivity index (χ2n) is 5.94. The summed E-state index contributed by atoms with van der Waals surface area (Å²) in [4.78, 5) is 23.9. The first-order chi connectivity index (χ1) is 11.6. The Bertz CT molecular complexity index is 939. The van der Waals surface area contributed by atoms with E-state index in [0.717, 1.165) is 27.7 Å². The van der Waals surface area contributed by atoms with Crippen molar-refractivity contribution in [3.05, 3.63) is 59.6 Å². The van der Waals surface area contributed by atoms with Crippen molar-refractivity contribution in [2.24, 2.45) is 0 Å². The first-order valence-electron chi connectivity index (χ1n) is 7.77. The zero-order valence-corrected chi connectivity index (χ0v) is 16.7. The van der Waals surface area contributed by atoms with Gasteiger partial charge in [-0.25, -0.2) is 4.98 Å². The number of halogens is 2. The summed E-state index contributed by atoms with van der Waals surface area (Å²) >= 11 is 8.73. The average molecular weight is 469 g/mol. The predicted octanol–water partition coefficient (Wildman–Crippen LogP) is 4.85. The van der Waals surface area contributed by atoms with Crippen LogP contribution in [-0.4, -0.2) is 21.4 Å². The first-order valence-corrected chi connectivity index (χ1v) is 10.2. The molecule has 1 N–H and O–H groups in total. The molecule has 7 heteroatoms. The van der Waals surface area contributed by atoms with Gasteiger partial charge in [-0.3, -0.25) is 9.69 Å². The lowest BCUT2D eigenvalue weighted by atomic mass is 10.2. The third-order valence-corrected chi connectivity index (χ3v) is 6.40. The van der Waals surface area contributed by atoms with Crippen molar-refractivity contribution in [3.63, 3.8) is 0 Å². The van der Waals surface area contributed by atoms with Crippen LogP contribution in [0.3, 0.4) is 0 Å². The Hall–Kier alpha value is -1.02. The predicted molar refractivity (Wildman–Crippen MR) is 104 cm³/mol. The normalized spacial score (nSPS) is 18.5. The van der Waals surface area contributed by atoms with Crippen LogP contribution in [0.25, 0.3) is 10.9 Å². The molecule has 0 aliphatic carbocycles. The van der Waals surface area contributed by atoms with Crippen molar-refractivity contribution in [1.29, 1.82) is 0 Å². The topological polar surface area (TPSA) is 49.0 Å². The van der Waals surface area contributed by atoms with E-state index in [0.29, 0.717) is 23.5 Å². The number of aromatic nitrogens is 2. The van der Waals surface area contributed by atoms with Crippen molar-refractivity contribution < 1.29 is 0 Å². The van der Waals surface area contributed by atoms with E-state index in [1.807, 2.05) is 6.07 Å². The number of nitrogens with one attached hydrogen (secondary N) is 1. The van der Waals surface area contributed by atoms with Crippen molar-refractivity contribution in [2.45, 2.75) is 25.4 Å². The van der Waals surface area contributed by atoms with E-state index < -0.39 is 0 Å². The molecule has 0 bridgehead atoms. The van der Waals surface area contributed by atoms with Gasteiger partial charge >= 0.3 is 0 Å². The van der Waals surface area contributed by atoms with Gasteiger partial charge in [0, 0.05) is 19.9 Å². The molecule has 0 saturated carbocycles. The van der Waals surface area contributed by atoms with Crippen LogP contribution in [0, 0.1) is 0 Å². The van der Waals surface area contributed by atoms with E-state index in [1.165, 1.54) is 11.3 Å². The molecule has 3 heterocycles. The summed E-state index contributed by atoms with van der Waals surface area (Å²) in [5.41, 5.74) is 0.618. The van der Waals surface area contributed by atoms with Gasteiger partial charge in [0.25, 0.3) is 5.56 Å². The molecule has 24 heavy (non-hydrogen) atoms. The van der Waals surface area contributed by atoms with Crippen LogP contribution < -0.4 is 5.56 Å². The van der Waals surface area contributed by atoms with Gasteiger partial charge in [-0.2, -0.15) is 0 Å². The maximum absolute atomic E-state index is 12.4. The number of H-pyrrole nitrogens is 1. The fraction of sp³-hybridized carbons (Fsp3) is 0.294. The van der Waals surface area contributed by atoms with E-state index in [-0.39, 0.29) is 5.56 Å². The molecule has 1 saturated heterocycles. The lowest BCUT2D eigenvalue weighted by Crippen LogP contribution is -2.25. The number of fused-ring (bicyclic) bond motifs is 1. The molecule has 1 aromatic carbocycles. The van der Waals surface area contributed by atoms with Crippen LogP contribution in [0.2, 0.25) is 0 Å². The minimum atomic E-state index is -0.0936. The Morgan fingerprint density at radius 2 is 2.25 bits per heavy atom. The molecule has 4 nitrogen and oxygen atoms in total. The molecule has 2 aromatic heterocycles. The quantitative estimate of drug-likeness (QED) is 0.597. The van der Waals surface area contributed by atoms with Gasteiger partial charge in [-0.1, -0.05) is 22.0 Å². The van der Waals surface area contributed by atoms with Crippen LogP contribution in [0.4, 0.5) is 0 Å². The number of hydrogen-bond acceptors (Lipinski definition) is 4. The van der Waals surface area contributed by atoms with Crippen molar-refractivity contribution >= 4 is 54.1 Å². The number of likely N-dealkylation sites (tertiary alicyclic amines) is 1. The highest BCUT2D eigenvalue weighted by Gasteiger charge is 2.27. The molecule has 0 amide bonds. The number of aromatic amines is 1. The third-order valence-electron chi connectivity index (χ3n) is 4.37. The van der Waals surface area contributed by atoms with Gasteiger partial charge in [-0.05, 0) is 58.9 Å². The standard InChI is InChI=1S/C17H15Br2N3OS/c18-10-7-11-16(12(19)8-10)20-15(21-17(11)23)9-22-5-1-3-13(22)14-4-2-6-24-14/h2,4,6-8,13H,1,3,5,9H2,(H,20,21,23). The van der Waals surface area contributed by atoms with Crippen LogP contribution in [0.15, 0.2) is 43.4 Å². The van der Waals surface area contributed by atoms with Gasteiger partial charge in [-0.15, -0.1) is 11.3 Å². The molecule has 124 valence electrons. The molecule has 3 aromatic rings. The third kappa shape index (κ3) is 3.10. The average Bonchev–Trinajstić information content (AvgIpc) is 3.19. The van der Waals surface area contributed by atoms with E-state index in [4.69, 9.17) is 4.98 Å². The molecule has 1 fully saturated rings. The Morgan fingerprint density at radius 1 is 1.38 bits per heavy atom. The zero-order chi connectivity index (χ0) is 16.7. The van der Waals surface area contributed by atoms with E-state index >= 15 is 0 Å². The number of benzene rings is 1. The van der Waals surface area contributed by atoms with E-state index in [1.54, 1.807) is 17.4 Å². The van der Waals surface area contributed by atoms with Crippen LogP contribution >= 0.6 is 43.2 Å². The molecule has 4 rings (SSSR count). The zero-order valence-electron chi connectivity index (χ0n) is 12.8. The second kappa shape index (κ2) is 6.71. The number of nitrogens with zero attached hydrogens (tertiary/aromatic N) is 2. The molecule has 1 unspecified atom stereocenters. The van der Waals surface area contributed by atoms with Crippen molar-refractivity contribution in [2.75, 3.05) is 6.54 Å². The molecule has 1 aliphatic rings. The molecular weight excluding hydrogens is 454 g/mol. The van der Waals surface area contributed by atoms with Crippen molar-refractivity contribution in [3.8, 4) is 0 Å². The van der Waals surface area contributed by atoms with Crippen LogP contribution in [-0.2, 0) is 6.54 Å². The van der Waals surface area contributed by atoms with E-state index in [9.17, 15) is 4.79 Å². The Kier molecular flexibility index (Phi) is 4.60. The smallest absolute Gasteiger partial charge is 0.258 e. The summed E-state index contributed by atoms with van der Waals surface area (Å²) in [7, 11) is 0. The minimum Gasteiger partial charge on any atom is -0.309 e. The lowest BCUT2D eigenvalue weighted by Gasteiger charge is -2.23. The summed E-state index contributed by atoms with van der Waals surface area (Å²) in [6, 6.07) is 8.45. The molecular formula is C17H15Br2N3OS. The fourth-order valence-electron chi connectivity index (χ4n) is 3.30. The summed E-state index contributed by atoms with van der Waals surface area (Å²) in [5.74, 6) is 0.721. The Morgan fingerprint density at radius 3 is 3.04 bits per heavy atom. The SMILES string of the molecule is O=c1[nH]c(CN2CCCC2c2cccs2)nc2c(Br)cc(Br)cc12. The lowest BCUT2D eigenvalue weighted by molar-refractivity contribution is 0.245. The maximum atomic E-state index is 12.4. The molecule has 0 spiro atoms. The van der Waals surface area contributed by atoms with Gasteiger partial charge in [0.2, 0.25) is 0 Å². The summed E-state index contributed by atoms with van der Waals surface area (Å²) in [5, 5.41) is 2.72. The van der Waals surface area contributed by atoms with Gasteiger partial charge < -0.3 is 4.98 Å². The highest BCUT2D eigenvalue weighted by molar-refractivity contribution is 9.11. The fourth-order valence-corrected chi connectivity index (χ4v) is 5.51. The number of rotatable bonds is 3. The molecule has 0 radical (unpaired) electrons. The number of hydrogen-bond donors (Lipinski definition) is 1. The van der Waals surface area contributed by atoms with Gasteiger partial charge in [0.1, 0.15) is 5.82 Å². The van der Waals surface area contributed by atoms with Gasteiger partial charge in [0.05, 0.1) is 17.4 Å². The highest BCUT2D eigenvalue weighted by Crippen LogP contribution is 2.35. The van der Waals surface area contributed by atoms with Crippen molar-refractivity contribution in [1.82, 2.24) is 14.9 Å². The Balaban J connectivity index is 1.69. The highest BCUT2D eigenvalue weighted by atomic mass is 79.9. The second-order valence-corrected chi connectivity index (χ2v) is 8.69. The van der Waals surface area contributed by atoms with Crippen LogP contribution in [0.5, 0.6) is 0 Å². The first kappa shape index (κ1) is 16.4. The Labute approximate surface area is 160 Å². The summed E-state index contributed by atoms with van der Waals surface area (Å²) in [6.07, 6.45) is 2.34. The minimum absolute atomic E-state index is 0.0936. The number of thiophene rings is 1. The van der Waals surface area contributed by atoms with Crippen LogP contribution in [0.1, 0.15) is 29.6 Å². The summed E-state index contributed by atoms with van der Waals surface area (Å²) < 4.78 is 1.69. The molecule has 1 atom stereocenters. The largest absolute Gasteiger partial charge is 0.309 e. The monoisotopic (exact) mass is 467 g/mol. The summed E-state index contributed by atoms with van der Waals surface area (Å²) in [6.45, 7) is 1.70.